The summed E-state index contributed by atoms with van der Waals surface area (Å²) in [6, 6.07) is 11.1. The molecule has 2 rings (SSSR count). The van der Waals surface area contributed by atoms with Gasteiger partial charge in [0.15, 0.2) is 11.5 Å². The summed E-state index contributed by atoms with van der Waals surface area (Å²) in [5.74, 6) is 0.389. The minimum atomic E-state index is -0.394. The Balaban J connectivity index is 2.40. The highest BCUT2D eigenvalue weighted by Gasteiger charge is 2.15. The molecule has 2 aromatic carbocycles. The maximum atomic E-state index is 12.9. The topological polar surface area (TPSA) is 76.7 Å². The first-order valence-corrected chi connectivity index (χ1v) is 9.00. The van der Waals surface area contributed by atoms with Crippen molar-refractivity contribution in [2.24, 2.45) is 0 Å². The van der Waals surface area contributed by atoms with Crippen molar-refractivity contribution in [2.45, 2.75) is 27.2 Å². The van der Waals surface area contributed by atoms with Gasteiger partial charge in [-0.25, -0.2) is 0 Å². The van der Waals surface area contributed by atoms with Crippen LogP contribution in [0.2, 0.25) is 0 Å². The standard InChI is InChI=1S/C22H26N2O4/c1-6-17-9-7-8-14(2)21(17)24-22(26)18(23-15(3)25)12-16-10-11-19(27-4)20(13-16)28-5/h7-13H,6H2,1-5H3,(H,23,25)(H,24,26)/b18-12+. The molecular weight excluding hydrogens is 356 g/mol. The van der Waals surface area contributed by atoms with Crippen molar-refractivity contribution >= 4 is 23.6 Å². The number of methoxy groups -OCH3 is 2. The number of para-hydroxylation sites is 1. The van der Waals surface area contributed by atoms with Gasteiger partial charge in [0.2, 0.25) is 5.91 Å². The largest absolute Gasteiger partial charge is 0.493 e. The highest BCUT2D eigenvalue weighted by atomic mass is 16.5. The average molecular weight is 382 g/mol. The third-order valence-corrected chi connectivity index (χ3v) is 4.25. The van der Waals surface area contributed by atoms with Crippen molar-refractivity contribution in [3.05, 3.63) is 58.8 Å². The summed E-state index contributed by atoms with van der Waals surface area (Å²) in [6.45, 7) is 5.32. The Hall–Kier alpha value is -3.28. The Kier molecular flexibility index (Phi) is 7.21. The average Bonchev–Trinajstić information content (AvgIpc) is 2.68. The van der Waals surface area contributed by atoms with Crippen LogP contribution >= 0.6 is 0 Å². The van der Waals surface area contributed by atoms with Gasteiger partial charge in [0.1, 0.15) is 5.70 Å². The molecule has 6 nitrogen and oxygen atoms in total. The molecule has 2 aromatic rings. The second-order valence-electron chi connectivity index (χ2n) is 6.27. The van der Waals surface area contributed by atoms with Gasteiger partial charge in [-0.05, 0) is 48.2 Å². The monoisotopic (exact) mass is 382 g/mol. The highest BCUT2D eigenvalue weighted by molar-refractivity contribution is 6.09. The van der Waals surface area contributed by atoms with E-state index in [1.807, 2.05) is 32.0 Å². The van der Waals surface area contributed by atoms with Crippen LogP contribution in [0.1, 0.15) is 30.5 Å². The molecular formula is C22H26N2O4. The van der Waals surface area contributed by atoms with Gasteiger partial charge in [-0.1, -0.05) is 31.2 Å². The van der Waals surface area contributed by atoms with Crippen molar-refractivity contribution in [3.8, 4) is 11.5 Å². The molecule has 148 valence electrons. The van der Waals surface area contributed by atoms with Crippen LogP contribution in [0.4, 0.5) is 5.69 Å². The van der Waals surface area contributed by atoms with Gasteiger partial charge >= 0.3 is 0 Å². The minimum Gasteiger partial charge on any atom is -0.493 e. The van der Waals surface area contributed by atoms with Crippen LogP contribution in [0.5, 0.6) is 11.5 Å². The molecule has 2 amide bonds. The lowest BCUT2D eigenvalue weighted by molar-refractivity contribution is -0.120. The molecule has 0 heterocycles. The fraction of sp³-hybridized carbons (Fsp3) is 0.273. The lowest BCUT2D eigenvalue weighted by Crippen LogP contribution is -2.29. The van der Waals surface area contributed by atoms with Gasteiger partial charge in [-0.3, -0.25) is 9.59 Å². The zero-order valence-corrected chi connectivity index (χ0v) is 16.9. The minimum absolute atomic E-state index is 0.144. The Bertz CT molecular complexity index is 903. The molecule has 0 aliphatic carbocycles. The first kappa shape index (κ1) is 21.0. The van der Waals surface area contributed by atoms with E-state index in [4.69, 9.17) is 9.47 Å². The molecule has 2 N–H and O–H groups in total. The van der Waals surface area contributed by atoms with Crippen LogP contribution in [0.25, 0.3) is 6.08 Å². The van der Waals surface area contributed by atoms with Crippen LogP contribution in [-0.4, -0.2) is 26.0 Å². The van der Waals surface area contributed by atoms with Gasteiger partial charge in [-0.2, -0.15) is 0 Å². The SMILES string of the molecule is CCc1cccc(C)c1NC(=O)/C(=C\c1ccc(OC)c(OC)c1)NC(C)=O. The van der Waals surface area contributed by atoms with Crippen molar-refractivity contribution < 1.29 is 19.1 Å². The molecule has 0 saturated carbocycles. The highest BCUT2D eigenvalue weighted by Crippen LogP contribution is 2.28. The second-order valence-corrected chi connectivity index (χ2v) is 6.27. The number of rotatable bonds is 7. The van der Waals surface area contributed by atoms with Crippen LogP contribution in [0.3, 0.4) is 0 Å². The summed E-state index contributed by atoms with van der Waals surface area (Å²) in [5.41, 5.74) is 3.59. The van der Waals surface area contributed by atoms with E-state index in [1.54, 1.807) is 31.4 Å². The van der Waals surface area contributed by atoms with Crippen LogP contribution in [0.15, 0.2) is 42.1 Å². The number of hydrogen-bond donors (Lipinski definition) is 2. The number of aryl methyl sites for hydroxylation is 2. The molecule has 0 aliphatic rings. The second kappa shape index (κ2) is 9.60. The number of anilines is 1. The summed E-state index contributed by atoms with van der Waals surface area (Å²) < 4.78 is 10.5. The van der Waals surface area contributed by atoms with E-state index in [-0.39, 0.29) is 11.6 Å². The predicted molar refractivity (Wildman–Crippen MR) is 111 cm³/mol. The molecule has 0 aliphatic heterocycles. The van der Waals surface area contributed by atoms with Crippen LogP contribution < -0.4 is 20.1 Å². The predicted octanol–water partition coefficient (Wildman–Crippen LogP) is 3.69. The molecule has 0 spiro atoms. The normalized spacial score (nSPS) is 11.0. The first-order valence-electron chi connectivity index (χ1n) is 9.00. The van der Waals surface area contributed by atoms with Gasteiger partial charge in [-0.15, -0.1) is 0 Å². The van der Waals surface area contributed by atoms with Crippen molar-refractivity contribution in [1.29, 1.82) is 0 Å². The lowest BCUT2D eigenvalue weighted by Gasteiger charge is -2.15. The third-order valence-electron chi connectivity index (χ3n) is 4.25. The van der Waals surface area contributed by atoms with E-state index in [1.165, 1.54) is 14.0 Å². The molecule has 0 unspecified atom stereocenters. The van der Waals surface area contributed by atoms with Crippen LogP contribution in [-0.2, 0) is 16.0 Å². The Morgan fingerprint density at radius 3 is 2.39 bits per heavy atom. The molecule has 6 heteroatoms. The van der Waals surface area contributed by atoms with E-state index >= 15 is 0 Å². The number of amides is 2. The maximum absolute atomic E-state index is 12.9. The van der Waals surface area contributed by atoms with Gasteiger partial charge in [0, 0.05) is 12.6 Å². The smallest absolute Gasteiger partial charge is 0.272 e. The maximum Gasteiger partial charge on any atom is 0.272 e. The van der Waals surface area contributed by atoms with E-state index in [2.05, 4.69) is 10.6 Å². The fourth-order valence-corrected chi connectivity index (χ4v) is 2.84. The number of nitrogens with one attached hydrogen (secondary N) is 2. The molecule has 0 bridgehead atoms. The summed E-state index contributed by atoms with van der Waals surface area (Å²) in [5, 5.41) is 5.54. The van der Waals surface area contributed by atoms with E-state index in [0.717, 1.165) is 23.2 Å². The molecule has 28 heavy (non-hydrogen) atoms. The van der Waals surface area contributed by atoms with E-state index < -0.39 is 5.91 Å². The first-order chi connectivity index (χ1) is 13.4. The van der Waals surface area contributed by atoms with Gasteiger partial charge < -0.3 is 20.1 Å². The molecule has 0 atom stereocenters. The molecule has 0 fully saturated rings. The molecule has 0 saturated heterocycles. The number of carbonyl (C=O) groups excluding carboxylic acids is 2. The summed E-state index contributed by atoms with van der Waals surface area (Å²) >= 11 is 0. The summed E-state index contributed by atoms with van der Waals surface area (Å²) in [6.07, 6.45) is 2.38. The van der Waals surface area contributed by atoms with Crippen LogP contribution in [0, 0.1) is 6.92 Å². The van der Waals surface area contributed by atoms with Crippen molar-refractivity contribution in [2.75, 3.05) is 19.5 Å². The van der Waals surface area contributed by atoms with Crippen molar-refractivity contribution in [1.82, 2.24) is 5.32 Å². The number of ether oxygens (including phenoxy) is 2. The Morgan fingerprint density at radius 2 is 1.79 bits per heavy atom. The van der Waals surface area contributed by atoms with Gasteiger partial charge in [0.25, 0.3) is 5.91 Å². The quantitative estimate of drug-likeness (QED) is 0.716. The zero-order valence-electron chi connectivity index (χ0n) is 16.9. The zero-order chi connectivity index (χ0) is 20.7. The number of carbonyl (C=O) groups is 2. The number of hydrogen-bond acceptors (Lipinski definition) is 4. The lowest BCUT2D eigenvalue weighted by atomic mass is 10.1. The van der Waals surface area contributed by atoms with E-state index in [9.17, 15) is 9.59 Å². The number of benzene rings is 2. The van der Waals surface area contributed by atoms with Crippen molar-refractivity contribution in [3.63, 3.8) is 0 Å². The summed E-state index contributed by atoms with van der Waals surface area (Å²) in [7, 11) is 3.09. The third kappa shape index (κ3) is 5.13. The molecule has 0 radical (unpaired) electrons. The van der Waals surface area contributed by atoms with E-state index in [0.29, 0.717) is 17.1 Å². The summed E-state index contributed by atoms with van der Waals surface area (Å²) in [4.78, 5) is 24.5. The fourth-order valence-electron chi connectivity index (χ4n) is 2.84. The Morgan fingerprint density at radius 1 is 1.07 bits per heavy atom. The Labute approximate surface area is 165 Å². The van der Waals surface area contributed by atoms with Gasteiger partial charge in [0.05, 0.1) is 14.2 Å². The molecule has 0 aromatic heterocycles.